The summed E-state index contributed by atoms with van der Waals surface area (Å²) in [5.41, 5.74) is 5.94. The molecule has 1 aromatic rings. The molecule has 0 heterocycles. The van der Waals surface area contributed by atoms with Crippen LogP contribution >= 0.6 is 12.4 Å². The van der Waals surface area contributed by atoms with Crippen LogP contribution in [-0.2, 0) is 4.79 Å². The first-order valence-electron chi connectivity index (χ1n) is 6.09. The average Bonchev–Trinajstić information content (AvgIpc) is 2.38. The summed E-state index contributed by atoms with van der Waals surface area (Å²) in [4.78, 5) is 23.0. The number of nitrogens with two attached hydrogens (primary N) is 1. The normalized spacial score (nSPS) is 9.50. The van der Waals surface area contributed by atoms with Crippen molar-refractivity contribution >= 4 is 29.9 Å². The van der Waals surface area contributed by atoms with Crippen LogP contribution in [0, 0.1) is 0 Å². The zero-order valence-electron chi connectivity index (χ0n) is 11.6. The molecule has 112 valence electrons. The smallest absolute Gasteiger partial charge is 0.250 e. The van der Waals surface area contributed by atoms with Gasteiger partial charge in [0.15, 0.2) is 0 Å². The number of nitrogens with one attached hydrogen (secondary N) is 2. The highest BCUT2D eigenvalue weighted by Crippen LogP contribution is 2.22. The van der Waals surface area contributed by atoms with Crippen molar-refractivity contribution in [1.29, 1.82) is 0 Å². The molecule has 7 heteroatoms. The highest BCUT2D eigenvalue weighted by Gasteiger charge is 2.12. The Hall–Kier alpha value is -1.79. The third-order valence-electron chi connectivity index (χ3n) is 2.44. The van der Waals surface area contributed by atoms with Gasteiger partial charge in [0.25, 0.3) is 5.91 Å². The Kier molecular flexibility index (Phi) is 8.35. The van der Waals surface area contributed by atoms with Crippen molar-refractivity contribution in [3.8, 4) is 5.75 Å². The number of rotatable bonds is 7. The lowest BCUT2D eigenvalue weighted by atomic mass is 10.1. The summed E-state index contributed by atoms with van der Waals surface area (Å²) in [5, 5.41) is 5.54. The highest BCUT2D eigenvalue weighted by atomic mass is 35.5. The van der Waals surface area contributed by atoms with Crippen LogP contribution in [0.25, 0.3) is 0 Å². The number of halogens is 1. The SMILES string of the molecule is CCOc1ccc(NC(=O)CCNC)c(C(N)=O)c1.Cl. The van der Waals surface area contributed by atoms with Crippen molar-refractivity contribution in [1.82, 2.24) is 5.32 Å². The number of amides is 2. The number of benzene rings is 1. The molecule has 2 amide bonds. The van der Waals surface area contributed by atoms with E-state index in [1.165, 1.54) is 6.07 Å². The average molecular weight is 302 g/mol. The summed E-state index contributed by atoms with van der Waals surface area (Å²) >= 11 is 0. The monoisotopic (exact) mass is 301 g/mol. The van der Waals surface area contributed by atoms with Gasteiger partial charge in [0.2, 0.25) is 5.91 Å². The van der Waals surface area contributed by atoms with Gasteiger partial charge in [-0.15, -0.1) is 12.4 Å². The van der Waals surface area contributed by atoms with Crippen LogP contribution in [0.4, 0.5) is 5.69 Å². The van der Waals surface area contributed by atoms with Crippen LogP contribution in [0.2, 0.25) is 0 Å². The van der Waals surface area contributed by atoms with E-state index in [-0.39, 0.29) is 23.9 Å². The summed E-state index contributed by atoms with van der Waals surface area (Å²) in [7, 11) is 1.76. The van der Waals surface area contributed by atoms with Crippen LogP contribution in [0.1, 0.15) is 23.7 Å². The second-order valence-electron chi connectivity index (χ2n) is 3.91. The van der Waals surface area contributed by atoms with E-state index in [9.17, 15) is 9.59 Å². The van der Waals surface area contributed by atoms with Gasteiger partial charge in [-0.2, -0.15) is 0 Å². The van der Waals surface area contributed by atoms with Gasteiger partial charge in [-0.3, -0.25) is 9.59 Å². The van der Waals surface area contributed by atoms with E-state index in [2.05, 4.69) is 10.6 Å². The minimum Gasteiger partial charge on any atom is -0.494 e. The Morgan fingerprint density at radius 2 is 2.05 bits per heavy atom. The van der Waals surface area contributed by atoms with Gasteiger partial charge < -0.3 is 21.1 Å². The maximum absolute atomic E-state index is 11.6. The molecule has 0 atom stereocenters. The van der Waals surface area contributed by atoms with Gasteiger partial charge in [-0.25, -0.2) is 0 Å². The number of hydrogen-bond acceptors (Lipinski definition) is 4. The van der Waals surface area contributed by atoms with Crippen molar-refractivity contribution in [2.24, 2.45) is 5.73 Å². The van der Waals surface area contributed by atoms with E-state index in [1.807, 2.05) is 6.92 Å². The van der Waals surface area contributed by atoms with Crippen molar-refractivity contribution in [3.63, 3.8) is 0 Å². The predicted octanol–water partition coefficient (Wildman–Crippen LogP) is 1.15. The molecule has 1 rings (SSSR count). The molecule has 20 heavy (non-hydrogen) atoms. The summed E-state index contributed by atoms with van der Waals surface area (Å²) in [6.45, 7) is 2.90. The lowest BCUT2D eigenvalue weighted by molar-refractivity contribution is -0.116. The first-order valence-corrected chi connectivity index (χ1v) is 6.09. The van der Waals surface area contributed by atoms with Crippen LogP contribution in [0.3, 0.4) is 0 Å². The Morgan fingerprint density at radius 3 is 2.60 bits per heavy atom. The molecule has 0 aliphatic heterocycles. The number of carbonyl (C=O) groups is 2. The van der Waals surface area contributed by atoms with Gasteiger partial charge in [-0.05, 0) is 32.2 Å². The number of anilines is 1. The van der Waals surface area contributed by atoms with Crippen molar-refractivity contribution in [3.05, 3.63) is 23.8 Å². The second-order valence-corrected chi connectivity index (χ2v) is 3.91. The molecule has 0 unspecified atom stereocenters. The Balaban J connectivity index is 0.00000361. The maximum atomic E-state index is 11.6. The third kappa shape index (κ3) is 5.46. The highest BCUT2D eigenvalue weighted by molar-refractivity contribution is 6.03. The van der Waals surface area contributed by atoms with Crippen LogP contribution in [-0.4, -0.2) is 32.0 Å². The van der Waals surface area contributed by atoms with E-state index in [1.54, 1.807) is 19.2 Å². The molecule has 0 spiro atoms. The van der Waals surface area contributed by atoms with E-state index < -0.39 is 5.91 Å². The fraction of sp³-hybridized carbons (Fsp3) is 0.385. The topological polar surface area (TPSA) is 93.4 Å². The van der Waals surface area contributed by atoms with Crippen molar-refractivity contribution in [2.45, 2.75) is 13.3 Å². The molecule has 0 saturated carbocycles. The summed E-state index contributed by atoms with van der Waals surface area (Å²) in [6.07, 6.45) is 0.321. The molecule has 0 radical (unpaired) electrons. The molecule has 0 aliphatic rings. The predicted molar refractivity (Wildman–Crippen MR) is 80.6 cm³/mol. The Labute approximate surface area is 124 Å². The standard InChI is InChI=1S/C13H19N3O3.ClH/c1-3-19-9-4-5-11(10(8-9)13(14)18)16-12(17)6-7-15-2;/h4-5,8,15H,3,6-7H2,1-2H3,(H2,14,18)(H,16,17);1H. The van der Waals surface area contributed by atoms with E-state index >= 15 is 0 Å². The molecule has 6 nitrogen and oxygen atoms in total. The van der Waals surface area contributed by atoms with Gasteiger partial charge in [0.05, 0.1) is 17.9 Å². The molecular formula is C13H20ClN3O3. The number of primary amides is 1. The molecule has 0 aliphatic carbocycles. The first kappa shape index (κ1) is 18.2. The van der Waals surface area contributed by atoms with Crippen LogP contribution < -0.4 is 21.1 Å². The third-order valence-corrected chi connectivity index (χ3v) is 2.44. The van der Waals surface area contributed by atoms with Gasteiger partial charge in [0, 0.05) is 13.0 Å². The molecular weight excluding hydrogens is 282 g/mol. The van der Waals surface area contributed by atoms with Crippen LogP contribution in [0.5, 0.6) is 5.75 Å². The zero-order valence-corrected chi connectivity index (χ0v) is 12.4. The molecule has 0 saturated heterocycles. The minimum atomic E-state index is -0.606. The number of hydrogen-bond donors (Lipinski definition) is 3. The van der Waals surface area contributed by atoms with Crippen LogP contribution in [0.15, 0.2) is 18.2 Å². The molecule has 0 bridgehead atoms. The van der Waals surface area contributed by atoms with Gasteiger partial charge in [-0.1, -0.05) is 0 Å². The molecule has 1 aromatic carbocycles. The fourth-order valence-electron chi connectivity index (χ4n) is 1.54. The summed E-state index contributed by atoms with van der Waals surface area (Å²) in [6, 6.07) is 4.82. The number of carbonyl (C=O) groups excluding carboxylic acids is 2. The van der Waals surface area contributed by atoms with Gasteiger partial charge in [0.1, 0.15) is 5.75 Å². The maximum Gasteiger partial charge on any atom is 0.250 e. The lowest BCUT2D eigenvalue weighted by Crippen LogP contribution is -2.21. The van der Waals surface area contributed by atoms with Crippen molar-refractivity contribution < 1.29 is 14.3 Å². The molecule has 4 N–H and O–H groups in total. The number of ether oxygens (including phenoxy) is 1. The quantitative estimate of drug-likeness (QED) is 0.704. The zero-order chi connectivity index (χ0) is 14.3. The van der Waals surface area contributed by atoms with Crippen molar-refractivity contribution in [2.75, 3.05) is 25.5 Å². The van der Waals surface area contributed by atoms with E-state index in [0.29, 0.717) is 31.0 Å². The Bertz CT molecular complexity index is 466. The largest absolute Gasteiger partial charge is 0.494 e. The summed E-state index contributed by atoms with van der Waals surface area (Å²) in [5.74, 6) is -0.240. The minimum absolute atomic E-state index is 0. The Morgan fingerprint density at radius 1 is 1.35 bits per heavy atom. The lowest BCUT2D eigenvalue weighted by Gasteiger charge is -2.11. The molecule has 0 fully saturated rings. The summed E-state index contributed by atoms with van der Waals surface area (Å²) < 4.78 is 5.29. The second kappa shape index (κ2) is 9.17. The van der Waals surface area contributed by atoms with Gasteiger partial charge >= 0.3 is 0 Å². The molecule has 0 aromatic heterocycles. The van der Waals surface area contributed by atoms with E-state index in [0.717, 1.165) is 0 Å². The fourth-order valence-corrected chi connectivity index (χ4v) is 1.54. The first-order chi connectivity index (χ1) is 9.08. The van der Waals surface area contributed by atoms with E-state index in [4.69, 9.17) is 10.5 Å².